The molecule has 170 valence electrons. The van der Waals surface area contributed by atoms with E-state index in [0.717, 1.165) is 16.6 Å². The minimum atomic E-state index is -4.47. The predicted octanol–water partition coefficient (Wildman–Crippen LogP) is 6.16. The molecule has 5 rings (SSSR count). The summed E-state index contributed by atoms with van der Waals surface area (Å²) in [7, 11) is 0. The summed E-state index contributed by atoms with van der Waals surface area (Å²) in [5.74, 6) is -0.516. The van der Waals surface area contributed by atoms with Gasteiger partial charge in [0.25, 0.3) is 5.56 Å². The van der Waals surface area contributed by atoms with E-state index in [4.69, 9.17) is 0 Å². The Morgan fingerprint density at radius 1 is 0.853 bits per heavy atom. The number of hydrogen-bond donors (Lipinski definition) is 0. The van der Waals surface area contributed by atoms with Gasteiger partial charge in [0.2, 0.25) is 0 Å². The van der Waals surface area contributed by atoms with Gasteiger partial charge in [-0.15, -0.1) is 5.10 Å². The molecule has 10 heteroatoms. The lowest BCUT2D eigenvalue weighted by Gasteiger charge is -2.13. The molecule has 0 N–H and O–H groups in total. The zero-order chi connectivity index (χ0) is 24.0. The minimum absolute atomic E-state index is 0.0384. The molecule has 3 aromatic carbocycles. The van der Waals surface area contributed by atoms with Crippen LogP contribution in [-0.4, -0.2) is 19.3 Å². The number of nitrogens with zero attached hydrogens (tertiary/aromatic N) is 4. The van der Waals surface area contributed by atoms with Gasteiger partial charge in [0.05, 0.1) is 22.5 Å². The van der Waals surface area contributed by atoms with E-state index in [2.05, 4.69) is 26.0 Å². The molecule has 5 nitrogen and oxygen atoms in total. The Labute approximate surface area is 198 Å². The Hall–Kier alpha value is -3.79. The number of benzene rings is 3. The van der Waals surface area contributed by atoms with E-state index in [1.54, 1.807) is 30.3 Å². The molecule has 0 unspecified atom stereocenters. The highest BCUT2D eigenvalue weighted by Gasteiger charge is 2.30. The highest BCUT2D eigenvalue weighted by Crippen LogP contribution is 2.30. The summed E-state index contributed by atoms with van der Waals surface area (Å²) in [5.41, 5.74) is -0.379. The monoisotopic (exact) mass is 528 g/mol. The van der Waals surface area contributed by atoms with Crippen molar-refractivity contribution in [3.8, 4) is 22.8 Å². The molecule has 0 spiro atoms. The number of hydrogen-bond acceptors (Lipinski definition) is 3. The molecule has 0 atom stereocenters. The zero-order valence-corrected chi connectivity index (χ0v) is 18.7. The normalized spacial score (nSPS) is 11.8. The highest BCUT2D eigenvalue weighted by molar-refractivity contribution is 9.10. The fraction of sp³-hybridized carbons (Fsp3) is 0.0417. The number of rotatable bonds is 3. The lowest BCUT2D eigenvalue weighted by atomic mass is 10.1. The molecule has 0 fully saturated rings. The maximum Gasteiger partial charge on any atom is 0.416 e. The minimum Gasteiger partial charge on any atom is -0.268 e. The van der Waals surface area contributed by atoms with Gasteiger partial charge in [-0.25, -0.2) is 14.1 Å². The van der Waals surface area contributed by atoms with Gasteiger partial charge in [0.15, 0.2) is 11.5 Å². The quantitative estimate of drug-likeness (QED) is 0.263. The lowest BCUT2D eigenvalue weighted by Crippen LogP contribution is -2.21. The molecule has 0 aliphatic heterocycles. The molecule has 0 saturated carbocycles. The molecule has 0 saturated heterocycles. The largest absolute Gasteiger partial charge is 0.416 e. The number of alkyl halides is 3. The van der Waals surface area contributed by atoms with Crippen molar-refractivity contribution in [1.82, 2.24) is 19.3 Å². The van der Waals surface area contributed by atoms with Gasteiger partial charge in [-0.2, -0.15) is 13.2 Å². The average Bonchev–Trinajstić information content (AvgIpc) is 3.24. The van der Waals surface area contributed by atoms with E-state index in [9.17, 15) is 22.4 Å². The van der Waals surface area contributed by atoms with E-state index in [0.29, 0.717) is 11.4 Å². The smallest absolute Gasteiger partial charge is 0.268 e. The van der Waals surface area contributed by atoms with Crippen molar-refractivity contribution < 1.29 is 17.6 Å². The second-order valence-electron chi connectivity index (χ2n) is 7.39. The van der Waals surface area contributed by atoms with Gasteiger partial charge in [0, 0.05) is 10.7 Å². The topological polar surface area (TPSA) is 52.7 Å². The molecular weight excluding hydrogens is 516 g/mol. The van der Waals surface area contributed by atoms with E-state index in [-0.39, 0.29) is 22.4 Å². The number of fused-ring (bicyclic) bond motifs is 1. The number of aromatic nitrogens is 4. The van der Waals surface area contributed by atoms with Gasteiger partial charge in [-0.1, -0.05) is 28.1 Å². The Kier molecular flexibility index (Phi) is 5.32. The molecule has 5 aromatic rings. The fourth-order valence-corrected chi connectivity index (χ4v) is 3.82. The number of halogens is 5. The van der Waals surface area contributed by atoms with Crippen molar-refractivity contribution in [3.63, 3.8) is 0 Å². The summed E-state index contributed by atoms with van der Waals surface area (Å²) in [5, 5.41) is 4.41. The van der Waals surface area contributed by atoms with Crippen LogP contribution in [0.15, 0.2) is 88.3 Å². The Morgan fingerprint density at radius 3 is 2.15 bits per heavy atom. The maximum atomic E-state index is 14.7. The van der Waals surface area contributed by atoms with Crippen LogP contribution in [0.4, 0.5) is 17.6 Å². The van der Waals surface area contributed by atoms with Crippen molar-refractivity contribution in [1.29, 1.82) is 0 Å². The second kappa shape index (κ2) is 8.21. The van der Waals surface area contributed by atoms with Crippen LogP contribution in [0, 0.1) is 5.82 Å². The highest BCUT2D eigenvalue weighted by atomic mass is 79.9. The van der Waals surface area contributed by atoms with Crippen molar-refractivity contribution in [2.24, 2.45) is 0 Å². The average molecular weight is 529 g/mol. The van der Waals surface area contributed by atoms with E-state index in [1.165, 1.54) is 45.8 Å². The first-order valence-corrected chi connectivity index (χ1v) is 10.7. The van der Waals surface area contributed by atoms with Crippen LogP contribution in [0.5, 0.6) is 0 Å². The SMILES string of the molecule is O=c1c2cn(-c3ccc(C(F)(F)F)cc3)nc2nc(-c2ccccc2F)n1-c1ccc(Br)cc1. The first kappa shape index (κ1) is 22.0. The van der Waals surface area contributed by atoms with Crippen LogP contribution in [0.25, 0.3) is 33.8 Å². The molecule has 0 radical (unpaired) electrons. The lowest BCUT2D eigenvalue weighted by molar-refractivity contribution is -0.137. The summed E-state index contributed by atoms with van der Waals surface area (Å²) in [6.07, 6.45) is -3.07. The molecule has 0 amide bonds. The summed E-state index contributed by atoms with van der Waals surface area (Å²) in [6.45, 7) is 0. The Bertz CT molecular complexity index is 1570. The van der Waals surface area contributed by atoms with Crippen molar-refractivity contribution >= 4 is 27.0 Å². The summed E-state index contributed by atoms with van der Waals surface area (Å²) < 4.78 is 56.7. The van der Waals surface area contributed by atoms with Gasteiger partial charge in [0.1, 0.15) is 11.2 Å². The van der Waals surface area contributed by atoms with Gasteiger partial charge in [-0.05, 0) is 60.7 Å². The van der Waals surface area contributed by atoms with Crippen LogP contribution in [0.1, 0.15) is 5.56 Å². The van der Waals surface area contributed by atoms with Crippen LogP contribution in [0.2, 0.25) is 0 Å². The van der Waals surface area contributed by atoms with Crippen molar-refractivity contribution in [2.75, 3.05) is 0 Å². The molecule has 34 heavy (non-hydrogen) atoms. The molecule has 0 aliphatic rings. The second-order valence-corrected chi connectivity index (χ2v) is 8.30. The van der Waals surface area contributed by atoms with Crippen LogP contribution >= 0.6 is 15.9 Å². The van der Waals surface area contributed by atoms with Crippen LogP contribution < -0.4 is 5.56 Å². The van der Waals surface area contributed by atoms with E-state index >= 15 is 0 Å². The molecular formula is C24H13BrF4N4O. The van der Waals surface area contributed by atoms with Gasteiger partial charge in [-0.3, -0.25) is 9.36 Å². The Balaban J connectivity index is 1.74. The molecule has 2 aromatic heterocycles. The first-order valence-electron chi connectivity index (χ1n) is 9.93. The Morgan fingerprint density at radius 2 is 1.50 bits per heavy atom. The van der Waals surface area contributed by atoms with Crippen molar-refractivity contribution in [2.45, 2.75) is 6.18 Å². The summed E-state index contributed by atoms with van der Waals surface area (Å²) >= 11 is 3.35. The third-order valence-electron chi connectivity index (χ3n) is 5.21. The molecule has 0 aliphatic carbocycles. The standard InChI is InChI=1S/C24H13BrF4N4O/c25-15-7-11-17(12-8-15)33-22(18-3-1-2-4-20(18)26)30-21-19(23(33)34)13-32(31-21)16-9-5-14(6-10-16)24(27,28)29/h1-13H. The third kappa shape index (κ3) is 3.90. The summed E-state index contributed by atoms with van der Waals surface area (Å²) in [6, 6.07) is 17.1. The van der Waals surface area contributed by atoms with Crippen LogP contribution in [-0.2, 0) is 6.18 Å². The first-order chi connectivity index (χ1) is 16.2. The van der Waals surface area contributed by atoms with Gasteiger partial charge < -0.3 is 0 Å². The fourth-order valence-electron chi connectivity index (χ4n) is 3.55. The third-order valence-corrected chi connectivity index (χ3v) is 5.74. The van der Waals surface area contributed by atoms with Crippen molar-refractivity contribution in [3.05, 3.63) is 105 Å². The molecule has 0 bridgehead atoms. The zero-order valence-electron chi connectivity index (χ0n) is 17.1. The van der Waals surface area contributed by atoms with Crippen LogP contribution in [0.3, 0.4) is 0 Å². The van der Waals surface area contributed by atoms with Gasteiger partial charge >= 0.3 is 6.18 Å². The van der Waals surface area contributed by atoms with E-state index < -0.39 is 23.1 Å². The van der Waals surface area contributed by atoms with E-state index in [1.807, 2.05) is 0 Å². The molecule has 2 heterocycles. The predicted molar refractivity (Wildman–Crippen MR) is 123 cm³/mol. The summed E-state index contributed by atoms with van der Waals surface area (Å²) in [4.78, 5) is 18.0. The maximum absolute atomic E-state index is 14.7.